The van der Waals surface area contributed by atoms with E-state index in [4.69, 9.17) is 9.05 Å². The third-order valence-corrected chi connectivity index (χ3v) is 12.4. The molecule has 0 bridgehead atoms. The van der Waals surface area contributed by atoms with E-state index in [2.05, 4.69) is 67.8 Å². The van der Waals surface area contributed by atoms with Gasteiger partial charge in [-0.1, -0.05) is 209 Å². The van der Waals surface area contributed by atoms with Crippen LogP contribution in [0.15, 0.2) is 60.8 Å². The molecule has 0 heterocycles. The van der Waals surface area contributed by atoms with E-state index >= 15 is 0 Å². The van der Waals surface area contributed by atoms with Gasteiger partial charge in [-0.15, -0.1) is 0 Å². The van der Waals surface area contributed by atoms with Crippen molar-refractivity contribution in [2.75, 3.05) is 40.9 Å². The van der Waals surface area contributed by atoms with Crippen LogP contribution in [0.3, 0.4) is 0 Å². The molecule has 9 heteroatoms. The minimum Gasteiger partial charge on any atom is -0.387 e. The molecule has 3 N–H and O–H groups in total. The van der Waals surface area contributed by atoms with Crippen molar-refractivity contribution >= 4 is 13.7 Å². The van der Waals surface area contributed by atoms with Crippen molar-refractivity contribution < 1.29 is 32.9 Å². The molecule has 0 aliphatic rings. The molecular weight excluding hydrogens is 804 g/mol. The number of phosphoric acid groups is 1. The molecule has 0 saturated heterocycles. The number of hydrogen-bond donors (Lipinski definition) is 3. The van der Waals surface area contributed by atoms with Crippen LogP contribution in [-0.4, -0.2) is 73.4 Å². The van der Waals surface area contributed by atoms with Crippen LogP contribution in [-0.2, 0) is 18.4 Å². The first-order chi connectivity index (χ1) is 30.5. The molecule has 0 radical (unpaired) electrons. The van der Waals surface area contributed by atoms with E-state index in [0.717, 1.165) is 51.4 Å². The molecule has 0 saturated carbocycles. The molecule has 0 rings (SSSR count). The lowest BCUT2D eigenvalue weighted by Crippen LogP contribution is -2.45. The molecule has 8 nitrogen and oxygen atoms in total. The van der Waals surface area contributed by atoms with E-state index in [1.165, 1.54) is 154 Å². The summed E-state index contributed by atoms with van der Waals surface area (Å²) in [6.45, 7) is 4.78. The van der Waals surface area contributed by atoms with Crippen molar-refractivity contribution in [2.45, 2.75) is 238 Å². The number of quaternary nitrogens is 1. The van der Waals surface area contributed by atoms with Gasteiger partial charge in [-0.3, -0.25) is 13.8 Å². The summed E-state index contributed by atoms with van der Waals surface area (Å²) in [6.07, 6.45) is 60.2. The minimum absolute atomic E-state index is 0.0534. The van der Waals surface area contributed by atoms with Gasteiger partial charge in [0, 0.05) is 6.42 Å². The highest BCUT2D eigenvalue weighted by Gasteiger charge is 2.27. The van der Waals surface area contributed by atoms with Gasteiger partial charge < -0.3 is 19.8 Å². The number of amides is 1. The highest BCUT2D eigenvalue weighted by molar-refractivity contribution is 7.47. The second-order valence-electron chi connectivity index (χ2n) is 18.9. The normalized spacial score (nSPS) is 14.6. The fraction of sp³-hybridized carbons (Fsp3) is 0.796. The van der Waals surface area contributed by atoms with Crippen molar-refractivity contribution in [1.29, 1.82) is 0 Å². The Labute approximate surface area is 390 Å². The van der Waals surface area contributed by atoms with Gasteiger partial charge in [-0.25, -0.2) is 4.57 Å². The smallest absolute Gasteiger partial charge is 0.387 e. The molecule has 0 aromatic rings. The van der Waals surface area contributed by atoms with Crippen molar-refractivity contribution in [3.63, 3.8) is 0 Å². The Morgan fingerprint density at radius 3 is 1.38 bits per heavy atom. The summed E-state index contributed by atoms with van der Waals surface area (Å²) in [6, 6.07) is -0.867. The van der Waals surface area contributed by atoms with E-state index in [-0.39, 0.29) is 19.1 Å². The predicted octanol–water partition coefficient (Wildman–Crippen LogP) is 15.4. The maximum atomic E-state index is 12.9. The van der Waals surface area contributed by atoms with Gasteiger partial charge >= 0.3 is 7.82 Å². The highest BCUT2D eigenvalue weighted by atomic mass is 31.2. The van der Waals surface area contributed by atoms with Crippen molar-refractivity contribution in [2.24, 2.45) is 0 Å². The number of nitrogens with zero attached hydrogens (tertiary/aromatic N) is 1. The van der Waals surface area contributed by atoms with Gasteiger partial charge in [0.05, 0.1) is 39.9 Å². The molecule has 0 fully saturated rings. The number of nitrogens with one attached hydrogen (secondary N) is 1. The lowest BCUT2D eigenvalue weighted by molar-refractivity contribution is -0.870. The Bertz CT molecular complexity index is 1210. The van der Waals surface area contributed by atoms with Gasteiger partial charge in [0.25, 0.3) is 0 Å². The third-order valence-electron chi connectivity index (χ3n) is 11.5. The van der Waals surface area contributed by atoms with Crippen LogP contribution in [0.1, 0.15) is 226 Å². The number of carbonyl (C=O) groups excluding carboxylic acids is 1. The Balaban J connectivity index is 4.31. The average molecular weight is 906 g/mol. The molecule has 0 spiro atoms. The second-order valence-corrected chi connectivity index (χ2v) is 20.3. The van der Waals surface area contributed by atoms with Gasteiger partial charge in [-0.2, -0.15) is 0 Å². The van der Waals surface area contributed by atoms with E-state index in [1.54, 1.807) is 6.08 Å². The summed E-state index contributed by atoms with van der Waals surface area (Å²) in [4.78, 5) is 23.2. The van der Waals surface area contributed by atoms with Crippen molar-refractivity contribution in [3.8, 4) is 0 Å². The van der Waals surface area contributed by atoms with Crippen LogP contribution in [0.4, 0.5) is 0 Å². The predicted molar refractivity (Wildman–Crippen MR) is 272 cm³/mol. The number of aliphatic hydroxyl groups excluding tert-OH is 1. The first kappa shape index (κ1) is 61.2. The summed E-state index contributed by atoms with van der Waals surface area (Å²) in [5, 5.41) is 13.9. The topological polar surface area (TPSA) is 105 Å². The quantitative estimate of drug-likeness (QED) is 0.0243. The van der Waals surface area contributed by atoms with Gasteiger partial charge in [0.15, 0.2) is 0 Å². The molecule has 3 unspecified atom stereocenters. The molecule has 1 amide bonds. The largest absolute Gasteiger partial charge is 0.472 e. The average Bonchev–Trinajstić information content (AvgIpc) is 3.24. The molecule has 0 aliphatic heterocycles. The first-order valence-corrected chi connectivity index (χ1v) is 27.7. The minimum atomic E-state index is -4.35. The Morgan fingerprint density at radius 2 is 0.921 bits per heavy atom. The highest BCUT2D eigenvalue weighted by Crippen LogP contribution is 2.43. The molecule has 63 heavy (non-hydrogen) atoms. The van der Waals surface area contributed by atoms with Gasteiger partial charge in [0.1, 0.15) is 13.2 Å². The third kappa shape index (κ3) is 48.0. The van der Waals surface area contributed by atoms with Crippen LogP contribution in [0, 0.1) is 0 Å². The zero-order valence-corrected chi connectivity index (χ0v) is 42.7. The zero-order valence-electron chi connectivity index (χ0n) is 41.8. The van der Waals surface area contributed by atoms with Crippen LogP contribution in [0.25, 0.3) is 0 Å². The maximum absolute atomic E-state index is 12.9. The summed E-state index contributed by atoms with van der Waals surface area (Å²) in [7, 11) is 1.55. The number of allylic oxidation sites excluding steroid dienone is 9. The van der Waals surface area contributed by atoms with Crippen LogP contribution < -0.4 is 5.32 Å². The van der Waals surface area contributed by atoms with Crippen LogP contribution in [0.2, 0.25) is 0 Å². The van der Waals surface area contributed by atoms with Gasteiger partial charge in [0.2, 0.25) is 5.91 Å². The van der Waals surface area contributed by atoms with E-state index < -0.39 is 20.0 Å². The number of hydrogen-bond acceptors (Lipinski definition) is 5. The molecular formula is C54H102N2O6P+. The summed E-state index contributed by atoms with van der Waals surface area (Å²) in [5.74, 6) is -0.192. The number of aliphatic hydroxyl groups is 1. The molecule has 0 aromatic carbocycles. The fourth-order valence-electron chi connectivity index (χ4n) is 7.30. The van der Waals surface area contributed by atoms with E-state index in [9.17, 15) is 19.4 Å². The summed E-state index contributed by atoms with van der Waals surface area (Å²) < 4.78 is 23.6. The number of unbranched alkanes of at least 4 members (excludes halogenated alkanes) is 26. The molecule has 0 aliphatic carbocycles. The zero-order chi connectivity index (χ0) is 46.4. The Morgan fingerprint density at radius 1 is 0.540 bits per heavy atom. The Kier molecular flexibility index (Phi) is 44.1. The standard InChI is InChI=1S/C54H101N2O6P/c1-6-8-10-12-14-16-18-20-22-24-25-26-27-28-29-30-31-32-34-36-38-40-42-44-46-48-54(58)55-52(51-62-63(59,60)61-50-49-56(3,4)5)53(57)47-45-43-41-39-37-35-33-23-21-19-17-15-13-11-9-7-2/h18,20,24-25,27-28,37,39,45,47,52-53,57H,6-17,19,21-23,26,29-36,38,40-44,46,48-51H2,1-5H3,(H-,55,58,59,60)/p+1/b20-18-,25-24-,28-27-,39-37+,47-45+. The molecule has 3 atom stereocenters. The summed E-state index contributed by atoms with van der Waals surface area (Å²) in [5.41, 5.74) is 0. The monoisotopic (exact) mass is 906 g/mol. The maximum Gasteiger partial charge on any atom is 0.472 e. The molecule has 368 valence electrons. The molecule has 0 aromatic heterocycles. The van der Waals surface area contributed by atoms with Crippen molar-refractivity contribution in [3.05, 3.63) is 60.8 Å². The SMILES string of the molecule is CCCCCCC/C=C\C/C=C\C/C=C\CCCCCCCCCCCCC(=O)NC(COP(=O)(O)OCC[N+](C)(C)C)C(O)/C=C/CC/C=C/CCCCCCCCCCCC. The number of carbonyl (C=O) groups is 1. The Hall–Kier alpha value is -1.80. The number of likely N-dealkylation sites (N-methyl/N-ethyl adjacent to an activating group) is 1. The van der Waals surface area contributed by atoms with Crippen molar-refractivity contribution in [1.82, 2.24) is 5.32 Å². The van der Waals surface area contributed by atoms with Crippen LogP contribution >= 0.6 is 7.82 Å². The lowest BCUT2D eigenvalue weighted by Gasteiger charge is -2.25. The van der Waals surface area contributed by atoms with E-state index in [0.29, 0.717) is 17.4 Å². The van der Waals surface area contributed by atoms with Gasteiger partial charge in [-0.05, 0) is 70.6 Å². The second kappa shape index (κ2) is 45.4. The fourth-order valence-corrected chi connectivity index (χ4v) is 8.04. The summed E-state index contributed by atoms with van der Waals surface area (Å²) >= 11 is 0. The number of rotatable bonds is 47. The van der Waals surface area contributed by atoms with E-state index in [1.807, 2.05) is 27.2 Å². The number of phosphoric ester groups is 1. The van der Waals surface area contributed by atoms with Crippen LogP contribution in [0.5, 0.6) is 0 Å². The first-order valence-electron chi connectivity index (χ1n) is 26.2. The lowest BCUT2D eigenvalue weighted by atomic mass is 10.0.